The van der Waals surface area contributed by atoms with Crippen LogP contribution in [0, 0.1) is 5.82 Å². The Balaban J connectivity index is 1.61. The van der Waals surface area contributed by atoms with Crippen molar-refractivity contribution in [1.82, 2.24) is 10.3 Å². The molecule has 3 aromatic rings. The van der Waals surface area contributed by atoms with Gasteiger partial charge in [-0.2, -0.15) is 0 Å². The van der Waals surface area contributed by atoms with E-state index in [-0.39, 0.29) is 10.6 Å². The van der Waals surface area contributed by atoms with E-state index in [1.807, 2.05) is 6.07 Å². The smallest absolute Gasteiger partial charge is 0.319 e. The van der Waals surface area contributed by atoms with Crippen molar-refractivity contribution in [2.75, 3.05) is 16.6 Å². The molecule has 0 fully saturated rings. The van der Waals surface area contributed by atoms with Crippen LogP contribution in [0.4, 0.5) is 20.6 Å². The number of aromatic nitrogens is 1. The lowest BCUT2D eigenvalue weighted by Crippen LogP contribution is -2.28. The van der Waals surface area contributed by atoms with Crippen molar-refractivity contribution < 1.29 is 22.3 Å². The van der Waals surface area contributed by atoms with E-state index < -0.39 is 21.9 Å². The summed E-state index contributed by atoms with van der Waals surface area (Å²) in [6.45, 7) is 2.42. The number of hydrogen-bond donors (Lipinski definition) is 3. The number of nitrogens with one attached hydrogen (secondary N) is 3. The van der Waals surface area contributed by atoms with E-state index in [2.05, 4.69) is 20.3 Å². The summed E-state index contributed by atoms with van der Waals surface area (Å²) in [5.74, 6) is -0.446. The predicted molar refractivity (Wildman–Crippen MR) is 115 cm³/mol. The first-order valence-electron chi connectivity index (χ1n) is 9.36. The van der Waals surface area contributed by atoms with Gasteiger partial charge in [0, 0.05) is 30.7 Å². The molecule has 1 aromatic heterocycles. The molecule has 0 radical (unpaired) electrons. The average molecular weight is 444 g/mol. The number of amides is 2. The molecule has 0 spiro atoms. The van der Waals surface area contributed by atoms with Crippen LogP contribution in [0.2, 0.25) is 0 Å². The number of rotatable bonds is 8. The first-order valence-corrected chi connectivity index (χ1v) is 10.8. The van der Waals surface area contributed by atoms with E-state index in [0.29, 0.717) is 24.6 Å². The molecule has 0 saturated heterocycles. The minimum Gasteiger partial charge on any atom is -0.494 e. The Labute approximate surface area is 179 Å². The zero-order chi connectivity index (χ0) is 22.3. The quantitative estimate of drug-likeness (QED) is 0.490. The molecule has 2 aromatic carbocycles. The first kappa shape index (κ1) is 22.0. The molecule has 31 heavy (non-hydrogen) atoms. The maximum absolute atomic E-state index is 14.2. The molecule has 0 unspecified atom stereocenters. The lowest BCUT2D eigenvalue weighted by atomic mass is 10.3. The summed E-state index contributed by atoms with van der Waals surface area (Å²) in [6.07, 6.45) is 3.28. The minimum absolute atomic E-state index is 0.0814. The van der Waals surface area contributed by atoms with Crippen LogP contribution < -0.4 is 20.1 Å². The number of pyridine rings is 1. The van der Waals surface area contributed by atoms with E-state index in [9.17, 15) is 17.6 Å². The fraction of sp³-hybridized carbons (Fsp3) is 0.143. The normalized spacial score (nSPS) is 10.9. The molecule has 0 atom stereocenters. The van der Waals surface area contributed by atoms with Crippen LogP contribution in [0.15, 0.2) is 71.9 Å². The molecule has 3 N–H and O–H groups in total. The summed E-state index contributed by atoms with van der Waals surface area (Å²) in [4.78, 5) is 15.9. The van der Waals surface area contributed by atoms with Gasteiger partial charge < -0.3 is 15.4 Å². The third kappa shape index (κ3) is 6.16. The summed E-state index contributed by atoms with van der Waals surface area (Å²) in [6, 6.07) is 12.5. The van der Waals surface area contributed by atoms with Gasteiger partial charge >= 0.3 is 6.03 Å². The first-order chi connectivity index (χ1) is 14.9. The van der Waals surface area contributed by atoms with E-state index in [1.54, 1.807) is 25.4 Å². The molecule has 2 amide bonds. The highest BCUT2D eigenvalue weighted by Gasteiger charge is 2.17. The number of benzene rings is 2. The fourth-order valence-corrected chi connectivity index (χ4v) is 3.68. The number of ether oxygens (including phenoxy) is 1. The summed E-state index contributed by atoms with van der Waals surface area (Å²) in [5, 5.41) is 5.28. The summed E-state index contributed by atoms with van der Waals surface area (Å²) in [5.41, 5.74) is 1.04. The van der Waals surface area contributed by atoms with Crippen LogP contribution in [0.25, 0.3) is 0 Å². The average Bonchev–Trinajstić information content (AvgIpc) is 2.75. The third-order valence-corrected chi connectivity index (χ3v) is 5.48. The number of urea groups is 1. The molecule has 0 bridgehead atoms. The second kappa shape index (κ2) is 9.90. The maximum atomic E-state index is 14.2. The molecular weight excluding hydrogens is 423 g/mol. The predicted octanol–water partition coefficient (Wildman–Crippen LogP) is 3.74. The highest BCUT2D eigenvalue weighted by atomic mass is 32.2. The standard InChI is InChI=1S/C21H21FN4O4S/c1-2-30-17-7-10-20(19(22)12-17)26-31(28,29)18-8-5-16(6-9-18)25-21(27)24-14-15-4-3-11-23-13-15/h3-13,26H,2,14H2,1H3,(H2,24,25,27). The fourth-order valence-electron chi connectivity index (χ4n) is 2.62. The number of hydrogen-bond acceptors (Lipinski definition) is 5. The van der Waals surface area contributed by atoms with Crippen LogP contribution in [0.1, 0.15) is 12.5 Å². The largest absolute Gasteiger partial charge is 0.494 e. The Hall–Kier alpha value is -3.66. The maximum Gasteiger partial charge on any atom is 0.319 e. The summed E-state index contributed by atoms with van der Waals surface area (Å²) in [7, 11) is -4.02. The van der Waals surface area contributed by atoms with Gasteiger partial charge in [-0.3, -0.25) is 9.71 Å². The molecule has 0 aliphatic heterocycles. The summed E-state index contributed by atoms with van der Waals surface area (Å²) < 4.78 is 46.6. The van der Waals surface area contributed by atoms with E-state index >= 15 is 0 Å². The molecule has 3 rings (SSSR count). The molecule has 0 aliphatic carbocycles. The number of halogens is 1. The Morgan fingerprint density at radius 2 is 1.90 bits per heavy atom. The monoisotopic (exact) mass is 444 g/mol. The number of anilines is 2. The highest BCUT2D eigenvalue weighted by Crippen LogP contribution is 2.24. The van der Waals surface area contributed by atoms with E-state index in [1.165, 1.54) is 36.4 Å². The van der Waals surface area contributed by atoms with Gasteiger partial charge in [-0.1, -0.05) is 6.07 Å². The lowest BCUT2D eigenvalue weighted by molar-refractivity contribution is 0.251. The lowest BCUT2D eigenvalue weighted by Gasteiger charge is -2.11. The SMILES string of the molecule is CCOc1ccc(NS(=O)(=O)c2ccc(NC(=O)NCc3cccnc3)cc2)c(F)c1. The van der Waals surface area contributed by atoms with Gasteiger partial charge in [0.05, 0.1) is 17.2 Å². The van der Waals surface area contributed by atoms with E-state index in [0.717, 1.165) is 11.6 Å². The molecule has 10 heteroatoms. The number of sulfonamides is 1. The van der Waals surface area contributed by atoms with Gasteiger partial charge in [-0.25, -0.2) is 17.6 Å². The minimum atomic E-state index is -4.02. The second-order valence-corrected chi connectivity index (χ2v) is 8.06. The molecule has 1 heterocycles. The molecule has 162 valence electrons. The van der Waals surface area contributed by atoms with Gasteiger partial charge in [-0.05, 0) is 55.0 Å². The number of carbonyl (C=O) groups is 1. The molecule has 0 saturated carbocycles. The van der Waals surface area contributed by atoms with Gasteiger partial charge in [0.15, 0.2) is 5.82 Å². The van der Waals surface area contributed by atoms with Crippen molar-refractivity contribution in [1.29, 1.82) is 0 Å². The van der Waals surface area contributed by atoms with Crippen LogP contribution in [0.5, 0.6) is 5.75 Å². The molecular formula is C21H21FN4O4S. The Morgan fingerprint density at radius 3 is 2.55 bits per heavy atom. The van der Waals surface area contributed by atoms with E-state index in [4.69, 9.17) is 4.74 Å². The number of nitrogens with zero attached hydrogens (tertiary/aromatic N) is 1. The van der Waals surface area contributed by atoms with Gasteiger partial charge in [0.2, 0.25) is 0 Å². The van der Waals surface area contributed by atoms with Gasteiger partial charge in [0.25, 0.3) is 10.0 Å². The highest BCUT2D eigenvalue weighted by molar-refractivity contribution is 7.92. The molecule has 0 aliphatic rings. The van der Waals surface area contributed by atoms with Crippen LogP contribution in [-0.2, 0) is 16.6 Å². The van der Waals surface area contributed by atoms with Crippen LogP contribution in [0.3, 0.4) is 0 Å². The Bertz CT molecular complexity index is 1140. The van der Waals surface area contributed by atoms with Crippen molar-refractivity contribution in [3.8, 4) is 5.75 Å². The Morgan fingerprint density at radius 1 is 1.13 bits per heavy atom. The van der Waals surface area contributed by atoms with Crippen LogP contribution in [-0.4, -0.2) is 26.0 Å². The zero-order valence-electron chi connectivity index (χ0n) is 16.6. The van der Waals surface area contributed by atoms with Crippen molar-refractivity contribution >= 4 is 27.4 Å². The second-order valence-electron chi connectivity index (χ2n) is 6.37. The van der Waals surface area contributed by atoms with Crippen LogP contribution >= 0.6 is 0 Å². The number of carbonyl (C=O) groups excluding carboxylic acids is 1. The van der Waals surface area contributed by atoms with Crippen molar-refractivity contribution in [3.63, 3.8) is 0 Å². The van der Waals surface area contributed by atoms with Crippen molar-refractivity contribution in [2.24, 2.45) is 0 Å². The zero-order valence-corrected chi connectivity index (χ0v) is 17.4. The van der Waals surface area contributed by atoms with Crippen molar-refractivity contribution in [2.45, 2.75) is 18.4 Å². The van der Waals surface area contributed by atoms with Crippen molar-refractivity contribution in [3.05, 3.63) is 78.4 Å². The van der Waals surface area contributed by atoms with Gasteiger partial charge in [-0.15, -0.1) is 0 Å². The van der Waals surface area contributed by atoms with Gasteiger partial charge in [0.1, 0.15) is 5.75 Å². The summed E-state index contributed by atoms with van der Waals surface area (Å²) >= 11 is 0. The topological polar surface area (TPSA) is 109 Å². The third-order valence-electron chi connectivity index (χ3n) is 4.09. The molecule has 8 nitrogen and oxygen atoms in total. The Kier molecular flexibility index (Phi) is 7.03.